The summed E-state index contributed by atoms with van der Waals surface area (Å²) in [5, 5.41) is 2.68. The van der Waals surface area contributed by atoms with Crippen LogP contribution < -0.4 is 5.32 Å². The summed E-state index contributed by atoms with van der Waals surface area (Å²) in [6.45, 7) is 1.59. The van der Waals surface area contributed by atoms with Crippen LogP contribution in [0.1, 0.15) is 12.5 Å². The predicted octanol–water partition coefficient (Wildman–Crippen LogP) is 2.88. The molecule has 1 nitrogen and oxygen atoms in total. The number of alkyl halides is 1. The van der Waals surface area contributed by atoms with Crippen LogP contribution in [0, 0.1) is 5.82 Å². The van der Waals surface area contributed by atoms with Gasteiger partial charge in [-0.3, -0.25) is 0 Å². The van der Waals surface area contributed by atoms with Crippen molar-refractivity contribution in [2.45, 2.75) is 12.6 Å². The standard InChI is InChI=1S/C10H12ClF2N/c1-10(13,6-14-2)7-3-4-9(12)8(11)5-7/h3-5,14H,6H2,1-2H3. The van der Waals surface area contributed by atoms with Crippen molar-refractivity contribution in [1.29, 1.82) is 0 Å². The molecular weight excluding hydrogens is 208 g/mol. The van der Waals surface area contributed by atoms with Crippen molar-refractivity contribution >= 4 is 11.6 Å². The van der Waals surface area contributed by atoms with E-state index in [9.17, 15) is 8.78 Å². The van der Waals surface area contributed by atoms with Crippen molar-refractivity contribution in [2.75, 3.05) is 13.6 Å². The molecule has 0 spiro atoms. The van der Waals surface area contributed by atoms with E-state index in [-0.39, 0.29) is 11.6 Å². The van der Waals surface area contributed by atoms with Gasteiger partial charge in [0.05, 0.1) is 5.02 Å². The molecule has 0 aromatic heterocycles. The second kappa shape index (κ2) is 4.24. The molecule has 0 bridgehead atoms. The van der Waals surface area contributed by atoms with E-state index in [1.807, 2.05) is 0 Å². The third kappa shape index (κ3) is 2.42. The van der Waals surface area contributed by atoms with Gasteiger partial charge in [0, 0.05) is 6.54 Å². The van der Waals surface area contributed by atoms with Crippen LogP contribution in [-0.2, 0) is 5.67 Å². The zero-order chi connectivity index (χ0) is 10.8. The first-order valence-electron chi connectivity index (χ1n) is 4.26. The second-order valence-electron chi connectivity index (χ2n) is 3.36. The van der Waals surface area contributed by atoms with Gasteiger partial charge in [0.25, 0.3) is 0 Å². The molecule has 0 saturated heterocycles. The van der Waals surface area contributed by atoms with E-state index in [0.29, 0.717) is 5.56 Å². The Hall–Kier alpha value is -0.670. The monoisotopic (exact) mass is 219 g/mol. The van der Waals surface area contributed by atoms with Crippen molar-refractivity contribution in [3.05, 3.63) is 34.6 Å². The lowest BCUT2D eigenvalue weighted by molar-refractivity contribution is 0.190. The van der Waals surface area contributed by atoms with E-state index >= 15 is 0 Å². The fraction of sp³-hybridized carbons (Fsp3) is 0.400. The maximum absolute atomic E-state index is 13.9. The van der Waals surface area contributed by atoms with Crippen LogP contribution in [0.15, 0.2) is 18.2 Å². The molecule has 1 aromatic carbocycles. The highest BCUT2D eigenvalue weighted by molar-refractivity contribution is 6.30. The first-order chi connectivity index (χ1) is 6.47. The Balaban J connectivity index is 3.01. The van der Waals surface area contributed by atoms with Gasteiger partial charge in [0.1, 0.15) is 11.5 Å². The Kier molecular flexibility index (Phi) is 3.45. The van der Waals surface area contributed by atoms with Crippen molar-refractivity contribution in [2.24, 2.45) is 0 Å². The minimum absolute atomic E-state index is 0.0533. The lowest BCUT2D eigenvalue weighted by Gasteiger charge is -2.20. The normalized spacial score (nSPS) is 15.2. The highest BCUT2D eigenvalue weighted by Gasteiger charge is 2.25. The van der Waals surface area contributed by atoms with E-state index in [2.05, 4.69) is 5.32 Å². The molecule has 0 aliphatic carbocycles. The summed E-state index contributed by atoms with van der Waals surface area (Å²) < 4.78 is 26.7. The van der Waals surface area contributed by atoms with Crippen LogP contribution in [0.5, 0.6) is 0 Å². The average Bonchev–Trinajstić information content (AvgIpc) is 2.09. The number of benzene rings is 1. The van der Waals surface area contributed by atoms with Crippen LogP contribution in [0.25, 0.3) is 0 Å². The maximum atomic E-state index is 13.9. The molecule has 4 heteroatoms. The second-order valence-corrected chi connectivity index (χ2v) is 3.76. The van der Waals surface area contributed by atoms with Crippen LogP contribution in [0.3, 0.4) is 0 Å². The third-order valence-corrected chi connectivity index (χ3v) is 2.32. The van der Waals surface area contributed by atoms with Gasteiger partial charge < -0.3 is 5.32 Å². The molecule has 0 saturated carbocycles. The molecule has 1 N–H and O–H groups in total. The van der Waals surface area contributed by atoms with Crippen LogP contribution in [-0.4, -0.2) is 13.6 Å². The highest BCUT2D eigenvalue weighted by Crippen LogP contribution is 2.28. The summed E-state index contributed by atoms with van der Waals surface area (Å²) in [7, 11) is 1.66. The minimum Gasteiger partial charge on any atom is -0.316 e. The fourth-order valence-corrected chi connectivity index (χ4v) is 1.43. The summed E-state index contributed by atoms with van der Waals surface area (Å²) in [6.07, 6.45) is 0. The van der Waals surface area contributed by atoms with E-state index < -0.39 is 11.5 Å². The maximum Gasteiger partial charge on any atom is 0.145 e. The summed E-state index contributed by atoms with van der Waals surface area (Å²) >= 11 is 5.56. The molecule has 0 heterocycles. The average molecular weight is 220 g/mol. The Morgan fingerprint density at radius 3 is 2.64 bits per heavy atom. The van der Waals surface area contributed by atoms with Crippen molar-refractivity contribution in [3.8, 4) is 0 Å². The first-order valence-corrected chi connectivity index (χ1v) is 4.64. The molecule has 1 rings (SSSR count). The van der Waals surface area contributed by atoms with Crippen LogP contribution in [0.2, 0.25) is 5.02 Å². The molecule has 1 atom stereocenters. The van der Waals surface area contributed by atoms with Crippen molar-refractivity contribution in [3.63, 3.8) is 0 Å². The lowest BCUT2D eigenvalue weighted by Crippen LogP contribution is -2.29. The Labute approximate surface area is 87.1 Å². The minimum atomic E-state index is -1.54. The van der Waals surface area contributed by atoms with Gasteiger partial charge in [-0.05, 0) is 31.7 Å². The quantitative estimate of drug-likeness (QED) is 0.825. The summed E-state index contributed by atoms with van der Waals surface area (Å²) in [4.78, 5) is 0. The third-order valence-electron chi connectivity index (χ3n) is 2.03. The SMILES string of the molecule is CNCC(C)(F)c1ccc(F)c(Cl)c1. The molecule has 0 radical (unpaired) electrons. The van der Waals surface area contributed by atoms with Crippen molar-refractivity contribution < 1.29 is 8.78 Å². The molecule has 78 valence electrons. The summed E-state index contributed by atoms with van der Waals surface area (Å²) in [5.74, 6) is -0.532. The molecule has 14 heavy (non-hydrogen) atoms. The number of rotatable bonds is 3. The summed E-state index contributed by atoms with van der Waals surface area (Å²) in [6, 6.07) is 3.89. The molecule has 0 aliphatic rings. The summed E-state index contributed by atoms with van der Waals surface area (Å²) in [5.41, 5.74) is -1.16. The number of hydrogen-bond donors (Lipinski definition) is 1. The first kappa shape index (κ1) is 11.4. The van der Waals surface area contributed by atoms with Gasteiger partial charge in [0.2, 0.25) is 0 Å². The number of halogens is 3. The van der Waals surface area contributed by atoms with Crippen LogP contribution >= 0.6 is 11.6 Å². The lowest BCUT2D eigenvalue weighted by atomic mass is 9.98. The van der Waals surface area contributed by atoms with Gasteiger partial charge in [-0.25, -0.2) is 8.78 Å². The van der Waals surface area contributed by atoms with Crippen LogP contribution in [0.4, 0.5) is 8.78 Å². The zero-order valence-corrected chi connectivity index (χ0v) is 8.83. The van der Waals surface area contributed by atoms with Gasteiger partial charge >= 0.3 is 0 Å². The molecule has 1 aromatic rings. The van der Waals surface area contributed by atoms with Gasteiger partial charge in [-0.15, -0.1) is 0 Å². The Morgan fingerprint density at radius 1 is 1.50 bits per heavy atom. The van der Waals surface area contributed by atoms with Gasteiger partial charge in [0.15, 0.2) is 0 Å². The largest absolute Gasteiger partial charge is 0.316 e. The number of hydrogen-bond acceptors (Lipinski definition) is 1. The van der Waals surface area contributed by atoms with E-state index in [1.54, 1.807) is 7.05 Å². The van der Waals surface area contributed by atoms with Gasteiger partial charge in [-0.2, -0.15) is 0 Å². The highest BCUT2D eigenvalue weighted by atomic mass is 35.5. The Morgan fingerprint density at radius 2 is 2.14 bits per heavy atom. The zero-order valence-electron chi connectivity index (χ0n) is 8.07. The predicted molar refractivity (Wildman–Crippen MR) is 53.8 cm³/mol. The van der Waals surface area contributed by atoms with E-state index in [1.165, 1.54) is 25.1 Å². The molecule has 0 aliphatic heterocycles. The van der Waals surface area contributed by atoms with E-state index in [0.717, 1.165) is 0 Å². The molecule has 0 amide bonds. The van der Waals surface area contributed by atoms with Gasteiger partial charge in [-0.1, -0.05) is 17.7 Å². The Bertz CT molecular complexity index is 326. The fourth-order valence-electron chi connectivity index (χ4n) is 1.25. The smallest absolute Gasteiger partial charge is 0.145 e. The van der Waals surface area contributed by atoms with E-state index in [4.69, 9.17) is 11.6 Å². The topological polar surface area (TPSA) is 12.0 Å². The van der Waals surface area contributed by atoms with Crippen molar-refractivity contribution in [1.82, 2.24) is 5.32 Å². The molecule has 1 unspecified atom stereocenters. The number of likely N-dealkylation sites (N-methyl/N-ethyl adjacent to an activating group) is 1. The number of nitrogens with one attached hydrogen (secondary N) is 1. The molecule has 0 fully saturated rings. The molecular formula is C10H12ClF2N.